The van der Waals surface area contributed by atoms with Crippen molar-refractivity contribution in [3.63, 3.8) is 0 Å². The van der Waals surface area contributed by atoms with Crippen LogP contribution in [0.2, 0.25) is 0 Å². The molecule has 0 spiro atoms. The average Bonchev–Trinajstić information content (AvgIpc) is 3.05. The Morgan fingerprint density at radius 2 is 1.92 bits per heavy atom. The number of hydrogen-bond donors (Lipinski definition) is 1. The molecular weight excluding hydrogens is 375 g/mol. The minimum atomic E-state index is 0. The molecule has 1 saturated heterocycles. The predicted octanol–water partition coefficient (Wildman–Crippen LogP) is 3.74. The van der Waals surface area contributed by atoms with E-state index >= 15 is 0 Å². The van der Waals surface area contributed by atoms with Crippen LogP contribution in [0.4, 0.5) is 0 Å². The van der Waals surface area contributed by atoms with E-state index in [-0.39, 0.29) is 30.9 Å². The number of halogens is 2. The fourth-order valence-electron chi connectivity index (χ4n) is 3.01. The molecule has 26 heavy (non-hydrogen) atoms. The van der Waals surface area contributed by atoms with E-state index in [2.05, 4.69) is 11.0 Å². The maximum absolute atomic E-state index is 6.02. The molecular formula is C19H28Cl2N2O3. The molecule has 1 aromatic heterocycles. The molecule has 7 heteroatoms. The highest BCUT2D eigenvalue weighted by molar-refractivity contribution is 5.85. The van der Waals surface area contributed by atoms with Crippen LogP contribution in [0.1, 0.15) is 19.1 Å². The third-order valence-electron chi connectivity index (χ3n) is 4.20. The van der Waals surface area contributed by atoms with E-state index in [9.17, 15) is 0 Å². The van der Waals surface area contributed by atoms with Crippen molar-refractivity contribution in [2.45, 2.75) is 26.0 Å². The molecule has 0 saturated carbocycles. The maximum atomic E-state index is 6.02. The molecule has 5 nitrogen and oxygen atoms in total. The first-order valence-electron chi connectivity index (χ1n) is 8.64. The molecule has 0 bridgehead atoms. The van der Waals surface area contributed by atoms with Gasteiger partial charge in [-0.2, -0.15) is 0 Å². The van der Waals surface area contributed by atoms with Gasteiger partial charge in [0.15, 0.2) is 0 Å². The summed E-state index contributed by atoms with van der Waals surface area (Å²) in [7, 11) is 0. The maximum Gasteiger partial charge on any atom is 0.134 e. The lowest BCUT2D eigenvalue weighted by Gasteiger charge is -2.32. The number of morpholine rings is 1. The average molecular weight is 403 g/mol. The standard InChI is InChI=1S/C19H26N2O3.2ClH/c1-2-22-16-5-3-15(4-6-16)19-8-7-18(24-19)14-21-11-12-23-17(13-21)9-10-20;;/h3-8,17H,2,9-14,20H2,1H3;2*1H. The summed E-state index contributed by atoms with van der Waals surface area (Å²) in [6.07, 6.45) is 1.15. The van der Waals surface area contributed by atoms with E-state index in [1.165, 1.54) is 0 Å². The minimum Gasteiger partial charge on any atom is -0.494 e. The molecule has 1 aromatic carbocycles. The van der Waals surface area contributed by atoms with Gasteiger partial charge in [-0.3, -0.25) is 4.90 Å². The highest BCUT2D eigenvalue weighted by atomic mass is 35.5. The van der Waals surface area contributed by atoms with Gasteiger partial charge in [-0.05, 0) is 56.3 Å². The Kier molecular flexibility index (Phi) is 10.1. The van der Waals surface area contributed by atoms with Crippen LogP contribution in [-0.4, -0.2) is 43.9 Å². The molecule has 2 heterocycles. The fraction of sp³-hybridized carbons (Fsp3) is 0.474. The normalized spacial score (nSPS) is 17.2. The van der Waals surface area contributed by atoms with Crippen molar-refractivity contribution in [2.24, 2.45) is 5.73 Å². The molecule has 0 aliphatic carbocycles. The number of furan rings is 1. The first kappa shape index (κ1) is 22.8. The van der Waals surface area contributed by atoms with Crippen molar-refractivity contribution in [3.05, 3.63) is 42.2 Å². The van der Waals surface area contributed by atoms with Gasteiger partial charge in [0, 0.05) is 18.7 Å². The Labute approximate surface area is 167 Å². The highest BCUT2D eigenvalue weighted by Gasteiger charge is 2.20. The lowest BCUT2D eigenvalue weighted by atomic mass is 10.2. The van der Waals surface area contributed by atoms with Crippen LogP contribution < -0.4 is 10.5 Å². The number of benzene rings is 1. The van der Waals surface area contributed by atoms with Gasteiger partial charge in [0.1, 0.15) is 17.3 Å². The Hall–Kier alpha value is -1.24. The minimum absolute atomic E-state index is 0. The molecule has 3 rings (SSSR count). The molecule has 1 aliphatic rings. The Morgan fingerprint density at radius 3 is 2.62 bits per heavy atom. The van der Waals surface area contributed by atoms with Gasteiger partial charge in [0.2, 0.25) is 0 Å². The molecule has 2 N–H and O–H groups in total. The Bertz CT molecular complexity index is 632. The third kappa shape index (κ3) is 6.18. The zero-order valence-electron chi connectivity index (χ0n) is 15.1. The number of nitrogens with two attached hydrogens (primary N) is 1. The van der Waals surface area contributed by atoms with Crippen LogP contribution in [0.15, 0.2) is 40.8 Å². The molecule has 1 aliphatic heterocycles. The Morgan fingerprint density at radius 1 is 1.15 bits per heavy atom. The smallest absolute Gasteiger partial charge is 0.134 e. The number of hydrogen-bond acceptors (Lipinski definition) is 5. The van der Waals surface area contributed by atoms with E-state index in [0.717, 1.165) is 55.5 Å². The van der Waals surface area contributed by atoms with Gasteiger partial charge in [-0.15, -0.1) is 24.8 Å². The highest BCUT2D eigenvalue weighted by Crippen LogP contribution is 2.25. The summed E-state index contributed by atoms with van der Waals surface area (Å²) in [4.78, 5) is 2.37. The predicted molar refractivity (Wildman–Crippen MR) is 108 cm³/mol. The van der Waals surface area contributed by atoms with Crippen LogP contribution >= 0.6 is 24.8 Å². The van der Waals surface area contributed by atoms with Crippen molar-refractivity contribution in [2.75, 3.05) is 32.8 Å². The monoisotopic (exact) mass is 402 g/mol. The second kappa shape index (κ2) is 11.5. The van der Waals surface area contributed by atoms with Gasteiger partial charge in [0.25, 0.3) is 0 Å². The fourth-order valence-corrected chi connectivity index (χ4v) is 3.01. The van der Waals surface area contributed by atoms with Crippen molar-refractivity contribution in [3.8, 4) is 17.1 Å². The number of nitrogens with zero attached hydrogens (tertiary/aromatic N) is 1. The van der Waals surface area contributed by atoms with Gasteiger partial charge >= 0.3 is 0 Å². The topological polar surface area (TPSA) is 60.9 Å². The van der Waals surface area contributed by atoms with Gasteiger partial charge in [-0.25, -0.2) is 0 Å². The van der Waals surface area contributed by atoms with Gasteiger partial charge in [-0.1, -0.05) is 0 Å². The zero-order chi connectivity index (χ0) is 16.8. The molecule has 1 atom stereocenters. The number of rotatable bonds is 7. The van der Waals surface area contributed by atoms with Crippen molar-refractivity contribution in [1.29, 1.82) is 0 Å². The lowest BCUT2D eigenvalue weighted by Crippen LogP contribution is -2.42. The molecule has 1 unspecified atom stereocenters. The second-order valence-electron chi connectivity index (χ2n) is 6.03. The molecule has 0 radical (unpaired) electrons. The zero-order valence-corrected chi connectivity index (χ0v) is 16.7. The van der Waals surface area contributed by atoms with Crippen molar-refractivity contribution in [1.82, 2.24) is 4.90 Å². The lowest BCUT2D eigenvalue weighted by molar-refractivity contribution is -0.0351. The molecule has 0 amide bonds. The van der Waals surface area contributed by atoms with Crippen LogP contribution in [0.3, 0.4) is 0 Å². The SMILES string of the molecule is CCOc1ccc(-c2ccc(CN3CCOC(CCN)C3)o2)cc1.Cl.Cl. The molecule has 2 aromatic rings. The van der Waals surface area contributed by atoms with E-state index in [1.54, 1.807) is 0 Å². The van der Waals surface area contributed by atoms with E-state index < -0.39 is 0 Å². The summed E-state index contributed by atoms with van der Waals surface area (Å²) in [6.45, 7) is 6.74. The van der Waals surface area contributed by atoms with Crippen LogP contribution in [-0.2, 0) is 11.3 Å². The molecule has 146 valence electrons. The number of ether oxygens (including phenoxy) is 2. The van der Waals surface area contributed by atoms with E-state index in [0.29, 0.717) is 13.2 Å². The van der Waals surface area contributed by atoms with Crippen LogP contribution in [0.5, 0.6) is 5.75 Å². The van der Waals surface area contributed by atoms with Crippen molar-refractivity contribution >= 4 is 24.8 Å². The molecule has 1 fully saturated rings. The largest absolute Gasteiger partial charge is 0.494 e. The first-order chi connectivity index (χ1) is 11.8. The summed E-state index contributed by atoms with van der Waals surface area (Å²) in [5.74, 6) is 2.75. The summed E-state index contributed by atoms with van der Waals surface area (Å²) < 4.78 is 17.2. The van der Waals surface area contributed by atoms with E-state index in [1.807, 2.05) is 37.3 Å². The summed E-state index contributed by atoms with van der Waals surface area (Å²) in [5, 5.41) is 0. The quantitative estimate of drug-likeness (QED) is 0.763. The third-order valence-corrected chi connectivity index (χ3v) is 4.20. The second-order valence-corrected chi connectivity index (χ2v) is 6.03. The summed E-state index contributed by atoms with van der Waals surface area (Å²) in [5.41, 5.74) is 6.69. The van der Waals surface area contributed by atoms with Crippen LogP contribution in [0, 0.1) is 0 Å². The van der Waals surface area contributed by atoms with Crippen molar-refractivity contribution < 1.29 is 13.9 Å². The van der Waals surface area contributed by atoms with Crippen LogP contribution in [0.25, 0.3) is 11.3 Å². The Balaban J connectivity index is 0.00000169. The van der Waals surface area contributed by atoms with Gasteiger partial charge in [0.05, 0.1) is 25.9 Å². The first-order valence-corrected chi connectivity index (χ1v) is 8.64. The van der Waals surface area contributed by atoms with E-state index in [4.69, 9.17) is 19.6 Å². The summed E-state index contributed by atoms with van der Waals surface area (Å²) in [6, 6.07) is 12.1. The summed E-state index contributed by atoms with van der Waals surface area (Å²) >= 11 is 0. The van der Waals surface area contributed by atoms with Gasteiger partial charge < -0.3 is 19.6 Å².